The molecule has 1 aromatic heterocycles. The van der Waals surface area contributed by atoms with E-state index in [-0.39, 0.29) is 0 Å². The molecule has 0 unspecified atom stereocenters. The summed E-state index contributed by atoms with van der Waals surface area (Å²) in [6, 6.07) is 3.83. The number of likely N-dealkylation sites (N-methyl/N-ethyl adjacent to an activating group) is 1. The van der Waals surface area contributed by atoms with E-state index >= 15 is 0 Å². The lowest BCUT2D eigenvalue weighted by Gasteiger charge is -2.33. The van der Waals surface area contributed by atoms with Crippen molar-refractivity contribution in [1.29, 1.82) is 0 Å². The Morgan fingerprint density at radius 3 is 2.73 bits per heavy atom. The van der Waals surface area contributed by atoms with Crippen LogP contribution >= 0.6 is 0 Å². The first-order valence-electron chi connectivity index (χ1n) is 5.16. The molecule has 0 bridgehead atoms. The maximum absolute atomic E-state index is 5.46. The van der Waals surface area contributed by atoms with Crippen molar-refractivity contribution in [2.75, 3.05) is 38.1 Å². The number of aromatic nitrogens is 1. The fraction of sp³-hybridized carbons (Fsp3) is 0.417. The zero-order chi connectivity index (χ0) is 10.7. The number of rotatable bonds is 1. The molecule has 0 aromatic carbocycles. The van der Waals surface area contributed by atoms with E-state index in [1.807, 2.05) is 12.1 Å². The van der Waals surface area contributed by atoms with E-state index < -0.39 is 0 Å². The Bertz CT molecular complexity index is 373. The third-order valence-corrected chi connectivity index (χ3v) is 2.74. The van der Waals surface area contributed by atoms with Crippen molar-refractivity contribution in [3.05, 3.63) is 23.9 Å². The largest absolute Gasteiger partial charge is 0.353 e. The molecule has 2 heterocycles. The molecule has 3 nitrogen and oxygen atoms in total. The molecule has 0 N–H and O–H groups in total. The third-order valence-electron chi connectivity index (χ3n) is 2.74. The van der Waals surface area contributed by atoms with Gasteiger partial charge in [-0.05, 0) is 19.2 Å². The molecule has 0 saturated carbocycles. The van der Waals surface area contributed by atoms with Gasteiger partial charge in [0.15, 0.2) is 0 Å². The fourth-order valence-corrected chi connectivity index (χ4v) is 1.78. The van der Waals surface area contributed by atoms with Gasteiger partial charge >= 0.3 is 0 Å². The maximum atomic E-state index is 5.46. The van der Waals surface area contributed by atoms with E-state index in [2.05, 4.69) is 27.8 Å². The number of anilines is 1. The van der Waals surface area contributed by atoms with E-state index in [1.165, 1.54) is 0 Å². The number of hydrogen-bond acceptors (Lipinski definition) is 3. The predicted octanol–water partition coefficient (Wildman–Crippen LogP) is 0.815. The third kappa shape index (κ3) is 2.11. The van der Waals surface area contributed by atoms with E-state index in [4.69, 9.17) is 6.42 Å². The van der Waals surface area contributed by atoms with Gasteiger partial charge in [0.05, 0.1) is 5.56 Å². The van der Waals surface area contributed by atoms with Gasteiger partial charge in [-0.1, -0.05) is 5.92 Å². The van der Waals surface area contributed by atoms with Crippen LogP contribution < -0.4 is 4.90 Å². The number of pyridine rings is 1. The Hall–Kier alpha value is -1.53. The van der Waals surface area contributed by atoms with Crippen LogP contribution in [0.25, 0.3) is 0 Å². The second kappa shape index (κ2) is 4.33. The molecule has 0 aliphatic carbocycles. The van der Waals surface area contributed by atoms with Crippen LogP contribution in [0.2, 0.25) is 0 Å². The Labute approximate surface area is 90.7 Å². The molecular formula is C12H15N3. The lowest BCUT2D eigenvalue weighted by Crippen LogP contribution is -2.45. The molecule has 15 heavy (non-hydrogen) atoms. The van der Waals surface area contributed by atoms with Crippen LogP contribution in [0.3, 0.4) is 0 Å². The van der Waals surface area contributed by atoms with Gasteiger partial charge in [0.25, 0.3) is 0 Å². The highest BCUT2D eigenvalue weighted by atomic mass is 15.3. The number of hydrogen-bond donors (Lipinski definition) is 0. The van der Waals surface area contributed by atoms with Crippen molar-refractivity contribution in [1.82, 2.24) is 9.88 Å². The lowest BCUT2D eigenvalue weighted by molar-refractivity contribution is 0.312. The molecule has 1 aliphatic heterocycles. The SMILES string of the molecule is C#Cc1cccnc1N1CCN(C)CC1. The average Bonchev–Trinajstić information content (AvgIpc) is 2.30. The number of piperazine rings is 1. The Kier molecular flexibility index (Phi) is 2.89. The van der Waals surface area contributed by atoms with Crippen molar-refractivity contribution in [2.45, 2.75) is 0 Å². The molecule has 1 aliphatic rings. The zero-order valence-corrected chi connectivity index (χ0v) is 8.98. The summed E-state index contributed by atoms with van der Waals surface area (Å²) < 4.78 is 0. The van der Waals surface area contributed by atoms with Crippen LogP contribution in [0.1, 0.15) is 5.56 Å². The quantitative estimate of drug-likeness (QED) is 0.627. The summed E-state index contributed by atoms with van der Waals surface area (Å²) in [7, 11) is 2.14. The Balaban J connectivity index is 2.19. The van der Waals surface area contributed by atoms with Gasteiger partial charge in [-0.2, -0.15) is 0 Å². The van der Waals surface area contributed by atoms with Crippen LogP contribution in [0, 0.1) is 12.3 Å². The summed E-state index contributed by atoms with van der Waals surface area (Å²) >= 11 is 0. The highest BCUT2D eigenvalue weighted by Gasteiger charge is 2.16. The maximum Gasteiger partial charge on any atom is 0.144 e. The first-order valence-corrected chi connectivity index (χ1v) is 5.16. The molecular weight excluding hydrogens is 186 g/mol. The summed E-state index contributed by atoms with van der Waals surface area (Å²) in [5.41, 5.74) is 0.891. The van der Waals surface area contributed by atoms with Crippen LogP contribution in [0.15, 0.2) is 18.3 Å². The monoisotopic (exact) mass is 201 g/mol. The first-order chi connectivity index (χ1) is 7.31. The minimum Gasteiger partial charge on any atom is -0.353 e. The molecule has 0 amide bonds. The minimum absolute atomic E-state index is 0.891. The van der Waals surface area contributed by atoms with Crippen molar-refractivity contribution in [3.63, 3.8) is 0 Å². The van der Waals surface area contributed by atoms with E-state index in [1.54, 1.807) is 6.20 Å². The molecule has 0 atom stereocenters. The van der Waals surface area contributed by atoms with E-state index in [0.29, 0.717) is 0 Å². The summed E-state index contributed by atoms with van der Waals surface area (Å²) in [4.78, 5) is 8.94. The number of terminal acetylenes is 1. The minimum atomic E-state index is 0.891. The first kappa shape index (κ1) is 10.0. The van der Waals surface area contributed by atoms with Crippen LogP contribution in [-0.2, 0) is 0 Å². The highest BCUT2D eigenvalue weighted by molar-refractivity contribution is 5.54. The van der Waals surface area contributed by atoms with Crippen molar-refractivity contribution >= 4 is 5.82 Å². The molecule has 0 radical (unpaired) electrons. The Morgan fingerprint density at radius 1 is 1.33 bits per heavy atom. The van der Waals surface area contributed by atoms with Crippen LogP contribution in [-0.4, -0.2) is 43.1 Å². The zero-order valence-electron chi connectivity index (χ0n) is 8.98. The average molecular weight is 201 g/mol. The smallest absolute Gasteiger partial charge is 0.144 e. The van der Waals surface area contributed by atoms with Crippen molar-refractivity contribution < 1.29 is 0 Å². The summed E-state index contributed by atoms with van der Waals surface area (Å²) in [6.45, 7) is 4.14. The van der Waals surface area contributed by atoms with Crippen molar-refractivity contribution in [3.8, 4) is 12.3 Å². The van der Waals surface area contributed by atoms with Crippen LogP contribution in [0.5, 0.6) is 0 Å². The second-order valence-corrected chi connectivity index (χ2v) is 3.81. The van der Waals surface area contributed by atoms with Gasteiger partial charge in [-0.15, -0.1) is 6.42 Å². The highest BCUT2D eigenvalue weighted by Crippen LogP contribution is 2.17. The molecule has 1 fully saturated rings. The number of nitrogens with zero attached hydrogens (tertiary/aromatic N) is 3. The van der Waals surface area contributed by atoms with Crippen molar-refractivity contribution in [2.24, 2.45) is 0 Å². The Morgan fingerprint density at radius 2 is 2.07 bits per heavy atom. The summed E-state index contributed by atoms with van der Waals surface area (Å²) in [5.74, 6) is 3.64. The normalized spacial score (nSPS) is 17.5. The standard InChI is InChI=1S/C12H15N3/c1-3-11-5-4-6-13-12(11)15-9-7-14(2)8-10-15/h1,4-6H,7-10H2,2H3. The van der Waals surface area contributed by atoms with Crippen LogP contribution in [0.4, 0.5) is 5.82 Å². The second-order valence-electron chi connectivity index (χ2n) is 3.81. The van der Waals surface area contributed by atoms with Gasteiger partial charge in [0.1, 0.15) is 5.82 Å². The van der Waals surface area contributed by atoms with Gasteiger partial charge < -0.3 is 9.80 Å². The van der Waals surface area contributed by atoms with E-state index in [9.17, 15) is 0 Å². The molecule has 78 valence electrons. The summed E-state index contributed by atoms with van der Waals surface area (Å²) in [5, 5.41) is 0. The molecule has 2 rings (SSSR count). The molecule has 3 heteroatoms. The van der Waals surface area contributed by atoms with Gasteiger partial charge in [0, 0.05) is 32.4 Å². The summed E-state index contributed by atoms with van der Waals surface area (Å²) in [6.07, 6.45) is 7.26. The van der Waals surface area contributed by atoms with Gasteiger partial charge in [-0.3, -0.25) is 0 Å². The van der Waals surface area contributed by atoms with Gasteiger partial charge in [0.2, 0.25) is 0 Å². The van der Waals surface area contributed by atoms with E-state index in [0.717, 1.165) is 37.6 Å². The predicted molar refractivity (Wildman–Crippen MR) is 61.9 cm³/mol. The molecule has 1 aromatic rings. The molecule has 1 saturated heterocycles. The topological polar surface area (TPSA) is 19.4 Å². The lowest BCUT2D eigenvalue weighted by atomic mass is 10.2. The van der Waals surface area contributed by atoms with Gasteiger partial charge in [-0.25, -0.2) is 4.98 Å². The molecule has 0 spiro atoms. The fourth-order valence-electron chi connectivity index (χ4n) is 1.78.